The molecule has 2 N–H and O–H groups in total. The normalized spacial score (nSPS) is 11.1. The molecule has 0 spiro atoms. The van der Waals surface area contributed by atoms with Crippen molar-refractivity contribution < 1.29 is 22.9 Å². The Bertz CT molecular complexity index is 822. The van der Waals surface area contributed by atoms with Crippen LogP contribution in [-0.2, 0) is 12.6 Å². The summed E-state index contributed by atoms with van der Waals surface area (Å²) in [5.41, 5.74) is -0.514. The molecule has 2 aromatic rings. The van der Waals surface area contributed by atoms with E-state index >= 15 is 0 Å². The largest absolute Gasteiger partial charge is 0.416 e. The van der Waals surface area contributed by atoms with Crippen LogP contribution < -0.4 is 10.6 Å². The van der Waals surface area contributed by atoms with Crippen molar-refractivity contribution in [2.45, 2.75) is 12.6 Å². The molecular formula is C17H16F3N3O3. The summed E-state index contributed by atoms with van der Waals surface area (Å²) in [5, 5.41) is 16.1. The minimum absolute atomic E-state index is 0.0226. The molecule has 26 heavy (non-hydrogen) atoms. The number of carbonyl (C=O) groups is 1. The molecule has 0 fully saturated rings. The number of nitrogens with zero attached hydrogens (tertiary/aromatic N) is 1. The molecule has 0 radical (unpaired) electrons. The van der Waals surface area contributed by atoms with Crippen LogP contribution in [0, 0.1) is 10.1 Å². The molecule has 2 rings (SSSR count). The van der Waals surface area contributed by atoms with E-state index in [1.165, 1.54) is 30.3 Å². The molecule has 0 saturated heterocycles. The topological polar surface area (TPSA) is 84.3 Å². The number of nitro benzene ring substituents is 1. The first kappa shape index (κ1) is 19.2. The van der Waals surface area contributed by atoms with E-state index in [9.17, 15) is 28.1 Å². The van der Waals surface area contributed by atoms with Crippen LogP contribution in [0.2, 0.25) is 0 Å². The molecule has 0 aliphatic rings. The van der Waals surface area contributed by atoms with Crippen LogP contribution in [0.15, 0.2) is 42.5 Å². The zero-order valence-electron chi connectivity index (χ0n) is 13.8. The van der Waals surface area contributed by atoms with Crippen molar-refractivity contribution in [3.8, 4) is 0 Å². The second-order valence-corrected chi connectivity index (χ2v) is 5.40. The molecule has 0 unspecified atom stereocenters. The highest BCUT2D eigenvalue weighted by Gasteiger charge is 2.32. The van der Waals surface area contributed by atoms with E-state index in [1.54, 1.807) is 7.05 Å². The van der Waals surface area contributed by atoms with Gasteiger partial charge >= 0.3 is 6.18 Å². The smallest absolute Gasteiger partial charge is 0.387 e. The second-order valence-electron chi connectivity index (χ2n) is 5.40. The average molecular weight is 367 g/mol. The lowest BCUT2D eigenvalue weighted by atomic mass is 10.0. The lowest BCUT2D eigenvalue weighted by molar-refractivity contribution is -0.384. The van der Waals surface area contributed by atoms with Crippen molar-refractivity contribution in [3.05, 3.63) is 69.3 Å². The van der Waals surface area contributed by atoms with Gasteiger partial charge in [-0.15, -0.1) is 0 Å². The molecule has 1 amide bonds. The Kier molecular flexibility index (Phi) is 5.81. The number of benzene rings is 2. The highest BCUT2D eigenvalue weighted by Crippen LogP contribution is 2.32. The maximum atomic E-state index is 13.0. The number of non-ortho nitro benzene ring substituents is 1. The van der Waals surface area contributed by atoms with Crippen molar-refractivity contribution in [3.63, 3.8) is 0 Å². The SMILES string of the molecule is CNc1ccc([N+](=O)[O-])cc1C(=O)NCCc1ccccc1C(F)(F)F. The number of halogens is 3. The van der Waals surface area contributed by atoms with E-state index in [2.05, 4.69) is 10.6 Å². The maximum absolute atomic E-state index is 13.0. The van der Waals surface area contributed by atoms with E-state index < -0.39 is 22.6 Å². The van der Waals surface area contributed by atoms with Crippen molar-refractivity contribution in [2.24, 2.45) is 0 Å². The van der Waals surface area contributed by atoms with Gasteiger partial charge in [0.25, 0.3) is 11.6 Å². The van der Waals surface area contributed by atoms with Gasteiger partial charge in [-0.25, -0.2) is 0 Å². The van der Waals surface area contributed by atoms with Crippen LogP contribution in [0.3, 0.4) is 0 Å². The Morgan fingerprint density at radius 3 is 2.50 bits per heavy atom. The summed E-state index contributed by atoms with van der Waals surface area (Å²) in [6.45, 7) is -0.0439. The summed E-state index contributed by atoms with van der Waals surface area (Å²) in [6.07, 6.45) is -4.49. The maximum Gasteiger partial charge on any atom is 0.416 e. The molecule has 9 heteroatoms. The standard InChI is InChI=1S/C17H16F3N3O3/c1-21-15-7-6-12(23(25)26)10-13(15)16(24)22-9-8-11-4-2-3-5-14(11)17(18,19)20/h2-7,10,21H,8-9H2,1H3,(H,22,24). The van der Waals surface area contributed by atoms with Crippen LogP contribution in [0.25, 0.3) is 0 Å². The summed E-state index contributed by atoms with van der Waals surface area (Å²) in [5.74, 6) is -0.609. The lowest BCUT2D eigenvalue weighted by Gasteiger charge is -2.13. The zero-order valence-corrected chi connectivity index (χ0v) is 13.8. The molecule has 0 aliphatic heterocycles. The molecule has 0 aliphatic carbocycles. The minimum atomic E-state index is -4.47. The van der Waals surface area contributed by atoms with E-state index in [-0.39, 0.29) is 29.8 Å². The van der Waals surface area contributed by atoms with Crippen LogP contribution in [0.4, 0.5) is 24.5 Å². The Morgan fingerprint density at radius 2 is 1.88 bits per heavy atom. The lowest BCUT2D eigenvalue weighted by Crippen LogP contribution is -2.27. The van der Waals surface area contributed by atoms with Gasteiger partial charge in [0.15, 0.2) is 0 Å². The molecule has 0 heterocycles. The van der Waals surface area contributed by atoms with Gasteiger partial charge in [0.1, 0.15) is 0 Å². The van der Waals surface area contributed by atoms with Gasteiger partial charge in [0, 0.05) is 31.4 Å². The Labute approximate surface area is 147 Å². The highest BCUT2D eigenvalue weighted by molar-refractivity contribution is 6.00. The average Bonchev–Trinajstić information content (AvgIpc) is 2.60. The van der Waals surface area contributed by atoms with E-state index in [0.29, 0.717) is 5.69 Å². The van der Waals surface area contributed by atoms with Gasteiger partial charge in [-0.05, 0) is 24.1 Å². The van der Waals surface area contributed by atoms with Gasteiger partial charge in [-0.3, -0.25) is 14.9 Å². The first-order valence-corrected chi connectivity index (χ1v) is 7.63. The van der Waals surface area contributed by atoms with Gasteiger partial charge < -0.3 is 10.6 Å². The minimum Gasteiger partial charge on any atom is -0.387 e. The summed E-state index contributed by atoms with van der Waals surface area (Å²) < 4.78 is 38.9. The van der Waals surface area contributed by atoms with Crippen molar-refractivity contribution in [1.29, 1.82) is 0 Å². The van der Waals surface area contributed by atoms with Gasteiger partial charge in [-0.2, -0.15) is 13.2 Å². The molecule has 6 nitrogen and oxygen atoms in total. The van der Waals surface area contributed by atoms with Crippen LogP contribution in [0.1, 0.15) is 21.5 Å². The van der Waals surface area contributed by atoms with Crippen LogP contribution in [0.5, 0.6) is 0 Å². The van der Waals surface area contributed by atoms with Gasteiger partial charge in [0.2, 0.25) is 0 Å². The Hall–Kier alpha value is -3.10. The fraction of sp³-hybridized carbons (Fsp3) is 0.235. The molecule has 0 bridgehead atoms. The molecule has 0 aromatic heterocycles. The number of hydrogen-bond donors (Lipinski definition) is 2. The van der Waals surface area contributed by atoms with Crippen molar-refractivity contribution in [1.82, 2.24) is 5.32 Å². The predicted molar refractivity (Wildman–Crippen MR) is 90.1 cm³/mol. The van der Waals surface area contributed by atoms with Crippen LogP contribution >= 0.6 is 0 Å². The summed E-state index contributed by atoms with van der Waals surface area (Å²) in [4.78, 5) is 22.5. The molecule has 2 aromatic carbocycles. The van der Waals surface area contributed by atoms with E-state index in [0.717, 1.165) is 12.1 Å². The number of nitro groups is 1. The monoisotopic (exact) mass is 367 g/mol. The summed E-state index contributed by atoms with van der Waals surface area (Å²) >= 11 is 0. The molecular weight excluding hydrogens is 351 g/mol. The molecule has 0 atom stereocenters. The number of nitrogens with one attached hydrogen (secondary N) is 2. The molecule has 138 valence electrons. The first-order chi connectivity index (χ1) is 12.2. The van der Waals surface area contributed by atoms with Crippen molar-refractivity contribution >= 4 is 17.3 Å². The number of amides is 1. The third-order valence-corrected chi connectivity index (χ3v) is 3.73. The van der Waals surface area contributed by atoms with E-state index in [1.807, 2.05) is 0 Å². The van der Waals surface area contributed by atoms with Crippen LogP contribution in [-0.4, -0.2) is 24.4 Å². The van der Waals surface area contributed by atoms with Gasteiger partial charge in [0.05, 0.1) is 16.1 Å². The van der Waals surface area contributed by atoms with Crippen molar-refractivity contribution in [2.75, 3.05) is 18.9 Å². The fourth-order valence-corrected chi connectivity index (χ4v) is 2.47. The predicted octanol–water partition coefficient (Wildman–Crippen LogP) is 3.63. The Morgan fingerprint density at radius 1 is 1.19 bits per heavy atom. The summed E-state index contributed by atoms with van der Waals surface area (Å²) in [6, 6.07) is 8.89. The molecule has 0 saturated carbocycles. The fourth-order valence-electron chi connectivity index (χ4n) is 2.47. The summed E-state index contributed by atoms with van der Waals surface area (Å²) in [7, 11) is 1.55. The second kappa shape index (κ2) is 7.85. The van der Waals surface area contributed by atoms with Gasteiger partial charge in [-0.1, -0.05) is 18.2 Å². The first-order valence-electron chi connectivity index (χ1n) is 7.63. The number of anilines is 1. The zero-order chi connectivity index (χ0) is 19.3. The quantitative estimate of drug-likeness (QED) is 0.603. The number of alkyl halides is 3. The highest BCUT2D eigenvalue weighted by atomic mass is 19.4. The van der Waals surface area contributed by atoms with E-state index in [4.69, 9.17) is 0 Å². The number of rotatable bonds is 6. The Balaban J connectivity index is 2.11. The third-order valence-electron chi connectivity index (χ3n) is 3.73. The number of carbonyl (C=O) groups excluding carboxylic acids is 1. The third kappa shape index (κ3) is 4.50. The number of hydrogen-bond acceptors (Lipinski definition) is 4.